The van der Waals surface area contributed by atoms with Crippen LogP contribution in [0.3, 0.4) is 0 Å². The van der Waals surface area contributed by atoms with E-state index in [1.165, 1.54) is 6.42 Å². The van der Waals surface area contributed by atoms with Crippen molar-refractivity contribution in [3.05, 3.63) is 11.6 Å². The fourth-order valence-corrected chi connectivity index (χ4v) is 2.01. The molecule has 1 heterocycles. The molecule has 0 bridgehead atoms. The van der Waals surface area contributed by atoms with E-state index in [1.807, 2.05) is 0 Å². The van der Waals surface area contributed by atoms with Gasteiger partial charge in [-0.15, -0.1) is 10.2 Å². The number of hydrogen-bond acceptors (Lipinski definition) is 3. The molecule has 1 aliphatic rings. The summed E-state index contributed by atoms with van der Waals surface area (Å²) < 4.78 is 2.15. The van der Waals surface area contributed by atoms with E-state index in [0.29, 0.717) is 17.9 Å². The SMILES string of the molecule is CCn1c(CN)nnc1C1CC1(C)C. The number of aromatic nitrogens is 3. The van der Waals surface area contributed by atoms with E-state index >= 15 is 0 Å². The molecule has 1 unspecified atom stereocenters. The Hall–Kier alpha value is -0.900. The van der Waals surface area contributed by atoms with Crippen molar-refractivity contribution in [3.63, 3.8) is 0 Å². The fraction of sp³-hybridized carbons (Fsp3) is 0.800. The molecule has 78 valence electrons. The number of hydrogen-bond donors (Lipinski definition) is 1. The molecule has 4 heteroatoms. The zero-order valence-corrected chi connectivity index (χ0v) is 9.12. The Labute approximate surface area is 84.5 Å². The summed E-state index contributed by atoms with van der Waals surface area (Å²) in [6, 6.07) is 0. The highest BCUT2D eigenvalue weighted by atomic mass is 15.3. The van der Waals surface area contributed by atoms with E-state index in [-0.39, 0.29) is 0 Å². The van der Waals surface area contributed by atoms with Gasteiger partial charge in [-0.25, -0.2) is 0 Å². The molecule has 0 amide bonds. The predicted octanol–water partition coefficient (Wildman–Crippen LogP) is 1.27. The van der Waals surface area contributed by atoms with Crippen molar-refractivity contribution in [3.8, 4) is 0 Å². The van der Waals surface area contributed by atoms with Crippen LogP contribution in [0.25, 0.3) is 0 Å². The standard InChI is InChI=1S/C10H18N4/c1-4-14-8(6-11)12-13-9(14)7-5-10(7,2)3/h7H,4-6,11H2,1-3H3. The average Bonchev–Trinajstić information content (AvgIpc) is 2.64. The van der Waals surface area contributed by atoms with Gasteiger partial charge in [0.1, 0.15) is 11.6 Å². The van der Waals surface area contributed by atoms with Gasteiger partial charge in [-0.1, -0.05) is 13.8 Å². The van der Waals surface area contributed by atoms with E-state index in [2.05, 4.69) is 35.5 Å². The summed E-state index contributed by atoms with van der Waals surface area (Å²) in [6.45, 7) is 8.06. The van der Waals surface area contributed by atoms with E-state index in [1.54, 1.807) is 0 Å². The van der Waals surface area contributed by atoms with Crippen molar-refractivity contribution in [2.45, 2.75) is 46.2 Å². The molecule has 1 aliphatic carbocycles. The van der Waals surface area contributed by atoms with Gasteiger partial charge in [-0.2, -0.15) is 0 Å². The molecule has 2 rings (SSSR count). The molecule has 0 radical (unpaired) electrons. The third kappa shape index (κ3) is 1.34. The lowest BCUT2D eigenvalue weighted by atomic mass is 10.1. The summed E-state index contributed by atoms with van der Waals surface area (Å²) in [7, 11) is 0. The quantitative estimate of drug-likeness (QED) is 0.788. The van der Waals surface area contributed by atoms with Crippen molar-refractivity contribution < 1.29 is 0 Å². The molecular weight excluding hydrogens is 176 g/mol. The molecule has 14 heavy (non-hydrogen) atoms. The molecule has 2 N–H and O–H groups in total. The lowest BCUT2D eigenvalue weighted by Crippen LogP contribution is -2.10. The van der Waals surface area contributed by atoms with Gasteiger partial charge in [-0.05, 0) is 18.8 Å². The normalized spacial score (nSPS) is 23.9. The van der Waals surface area contributed by atoms with Gasteiger partial charge in [-0.3, -0.25) is 0 Å². The van der Waals surface area contributed by atoms with Crippen molar-refractivity contribution in [1.82, 2.24) is 14.8 Å². The average molecular weight is 194 g/mol. The second-order valence-corrected chi connectivity index (χ2v) is 4.67. The van der Waals surface area contributed by atoms with Gasteiger partial charge >= 0.3 is 0 Å². The first-order chi connectivity index (χ1) is 6.60. The van der Waals surface area contributed by atoms with Gasteiger partial charge in [0, 0.05) is 12.5 Å². The fourth-order valence-electron chi connectivity index (χ4n) is 2.01. The first-order valence-electron chi connectivity index (χ1n) is 5.22. The molecule has 4 nitrogen and oxygen atoms in total. The van der Waals surface area contributed by atoms with Crippen molar-refractivity contribution in [2.75, 3.05) is 0 Å². The van der Waals surface area contributed by atoms with E-state index in [4.69, 9.17) is 5.73 Å². The maximum Gasteiger partial charge on any atom is 0.146 e. The summed E-state index contributed by atoms with van der Waals surface area (Å²) >= 11 is 0. The van der Waals surface area contributed by atoms with E-state index in [0.717, 1.165) is 18.2 Å². The van der Waals surface area contributed by atoms with Crippen molar-refractivity contribution in [2.24, 2.45) is 11.1 Å². The number of nitrogens with two attached hydrogens (primary N) is 1. The summed E-state index contributed by atoms with van der Waals surface area (Å²) in [6.07, 6.45) is 1.22. The van der Waals surface area contributed by atoms with Crippen molar-refractivity contribution in [1.29, 1.82) is 0 Å². The molecule has 1 atom stereocenters. The molecule has 1 aromatic rings. The minimum atomic E-state index is 0.409. The second-order valence-electron chi connectivity index (χ2n) is 4.67. The summed E-state index contributed by atoms with van der Waals surface area (Å²) in [5, 5.41) is 8.37. The highest BCUT2D eigenvalue weighted by Gasteiger charge is 2.49. The zero-order valence-electron chi connectivity index (χ0n) is 9.12. The zero-order chi connectivity index (χ0) is 10.3. The van der Waals surface area contributed by atoms with Gasteiger partial charge in [0.25, 0.3) is 0 Å². The van der Waals surface area contributed by atoms with Crippen LogP contribution in [-0.2, 0) is 13.1 Å². The molecule has 0 aliphatic heterocycles. The molecule has 1 fully saturated rings. The van der Waals surface area contributed by atoms with Crippen LogP contribution in [0.4, 0.5) is 0 Å². The lowest BCUT2D eigenvalue weighted by Gasteiger charge is -2.07. The Balaban J connectivity index is 2.31. The Morgan fingerprint density at radius 2 is 2.14 bits per heavy atom. The minimum absolute atomic E-state index is 0.409. The van der Waals surface area contributed by atoms with Crippen molar-refractivity contribution >= 4 is 0 Å². The molecular formula is C10H18N4. The highest BCUT2D eigenvalue weighted by Crippen LogP contribution is 2.57. The van der Waals surface area contributed by atoms with Crippen LogP contribution in [0.15, 0.2) is 0 Å². The van der Waals surface area contributed by atoms with Crippen LogP contribution >= 0.6 is 0 Å². The van der Waals surface area contributed by atoms with Crippen LogP contribution in [0.5, 0.6) is 0 Å². The summed E-state index contributed by atoms with van der Waals surface area (Å²) in [4.78, 5) is 0. The smallest absolute Gasteiger partial charge is 0.146 e. The Kier molecular flexibility index (Phi) is 2.10. The lowest BCUT2D eigenvalue weighted by molar-refractivity contribution is 0.579. The number of rotatable bonds is 3. The molecule has 0 saturated heterocycles. The van der Waals surface area contributed by atoms with Crippen LogP contribution in [0.1, 0.15) is 44.8 Å². The van der Waals surface area contributed by atoms with E-state index < -0.39 is 0 Å². The second kappa shape index (κ2) is 3.05. The molecule has 1 aromatic heterocycles. The first-order valence-corrected chi connectivity index (χ1v) is 5.22. The molecule has 0 spiro atoms. The molecule has 1 saturated carbocycles. The molecule has 0 aromatic carbocycles. The van der Waals surface area contributed by atoms with Crippen LogP contribution in [-0.4, -0.2) is 14.8 Å². The van der Waals surface area contributed by atoms with Gasteiger partial charge in [0.2, 0.25) is 0 Å². The Morgan fingerprint density at radius 3 is 2.57 bits per heavy atom. The van der Waals surface area contributed by atoms with Crippen LogP contribution < -0.4 is 5.73 Å². The Morgan fingerprint density at radius 1 is 1.50 bits per heavy atom. The topological polar surface area (TPSA) is 56.7 Å². The third-order valence-electron chi connectivity index (χ3n) is 3.18. The van der Waals surface area contributed by atoms with Gasteiger partial charge in [0.05, 0.1) is 6.54 Å². The summed E-state index contributed by atoms with van der Waals surface area (Å²) in [5.74, 6) is 2.61. The van der Waals surface area contributed by atoms with Gasteiger partial charge < -0.3 is 10.3 Å². The third-order valence-corrected chi connectivity index (χ3v) is 3.18. The maximum atomic E-state index is 5.60. The van der Waals surface area contributed by atoms with E-state index in [9.17, 15) is 0 Å². The van der Waals surface area contributed by atoms with Gasteiger partial charge in [0.15, 0.2) is 0 Å². The largest absolute Gasteiger partial charge is 0.324 e. The number of nitrogens with zero attached hydrogens (tertiary/aromatic N) is 3. The Bertz CT molecular complexity index is 340. The summed E-state index contributed by atoms with van der Waals surface area (Å²) in [5.41, 5.74) is 6.01. The van der Waals surface area contributed by atoms with Crippen LogP contribution in [0, 0.1) is 5.41 Å². The van der Waals surface area contributed by atoms with Crippen LogP contribution in [0.2, 0.25) is 0 Å². The maximum absolute atomic E-state index is 5.60. The highest BCUT2D eigenvalue weighted by molar-refractivity contribution is 5.16. The predicted molar refractivity (Wildman–Crippen MR) is 54.7 cm³/mol. The first kappa shape index (κ1) is 9.65. The minimum Gasteiger partial charge on any atom is -0.324 e. The monoisotopic (exact) mass is 194 g/mol.